The third-order valence-electron chi connectivity index (χ3n) is 5.27. The van der Waals surface area contributed by atoms with Crippen LogP contribution in [0.2, 0.25) is 0 Å². The lowest BCUT2D eigenvalue weighted by Gasteiger charge is -2.32. The molecule has 0 bridgehead atoms. The topological polar surface area (TPSA) is 46.3 Å². The third-order valence-corrected chi connectivity index (χ3v) is 5.27. The Labute approximate surface area is 127 Å². The molecule has 2 N–H and O–H groups in total. The molecule has 3 rings (SSSR count). The molecule has 2 atom stereocenters. The van der Waals surface area contributed by atoms with Crippen molar-refractivity contribution in [1.82, 2.24) is 4.90 Å². The number of hydrogen-bond donors (Lipinski definition) is 1. The van der Waals surface area contributed by atoms with Crippen LogP contribution in [0.25, 0.3) is 0 Å². The molecule has 3 heteroatoms. The van der Waals surface area contributed by atoms with E-state index >= 15 is 0 Å². The molecule has 1 fully saturated rings. The van der Waals surface area contributed by atoms with E-state index in [1.165, 1.54) is 30.4 Å². The molecule has 0 aliphatic heterocycles. The summed E-state index contributed by atoms with van der Waals surface area (Å²) in [6.07, 6.45) is 6.97. The standard InChI is InChI=1S/C18H26N2O/c1-2-20(17-8-4-7-16(17)12-19)18(21)15-10-9-13-5-3-6-14(13)11-15/h9-11,16-17H,2-8,12,19H2,1H3. The predicted octanol–water partition coefficient (Wildman–Crippen LogP) is 2.76. The van der Waals surface area contributed by atoms with E-state index in [0.29, 0.717) is 18.5 Å². The summed E-state index contributed by atoms with van der Waals surface area (Å²) < 4.78 is 0. The van der Waals surface area contributed by atoms with Gasteiger partial charge in [0.05, 0.1) is 0 Å². The predicted molar refractivity (Wildman–Crippen MR) is 85.4 cm³/mol. The molecule has 0 aromatic heterocycles. The highest BCUT2D eigenvalue weighted by molar-refractivity contribution is 5.94. The zero-order valence-electron chi connectivity index (χ0n) is 13.0. The molecule has 1 aromatic rings. The van der Waals surface area contributed by atoms with Gasteiger partial charge in [0.25, 0.3) is 5.91 Å². The molecule has 1 aromatic carbocycles. The Bertz CT molecular complexity index is 526. The Morgan fingerprint density at radius 2 is 2.05 bits per heavy atom. The number of hydrogen-bond acceptors (Lipinski definition) is 2. The van der Waals surface area contributed by atoms with Crippen molar-refractivity contribution in [3.05, 3.63) is 34.9 Å². The summed E-state index contributed by atoms with van der Waals surface area (Å²) in [7, 11) is 0. The van der Waals surface area contributed by atoms with Crippen LogP contribution in [0.5, 0.6) is 0 Å². The zero-order chi connectivity index (χ0) is 14.8. The highest BCUT2D eigenvalue weighted by Gasteiger charge is 2.33. The number of amides is 1. The summed E-state index contributed by atoms with van der Waals surface area (Å²) in [6.45, 7) is 3.55. The van der Waals surface area contributed by atoms with Crippen LogP contribution in [0.3, 0.4) is 0 Å². The molecule has 2 aliphatic carbocycles. The molecule has 1 saturated carbocycles. The van der Waals surface area contributed by atoms with Gasteiger partial charge in [0.2, 0.25) is 0 Å². The molecular weight excluding hydrogens is 260 g/mol. The van der Waals surface area contributed by atoms with Crippen LogP contribution in [0.1, 0.15) is 54.1 Å². The molecule has 0 saturated heterocycles. The molecule has 2 aliphatic rings. The van der Waals surface area contributed by atoms with Gasteiger partial charge in [0.1, 0.15) is 0 Å². The van der Waals surface area contributed by atoms with Gasteiger partial charge in [0.15, 0.2) is 0 Å². The number of nitrogens with zero attached hydrogens (tertiary/aromatic N) is 1. The van der Waals surface area contributed by atoms with Crippen molar-refractivity contribution in [2.75, 3.05) is 13.1 Å². The van der Waals surface area contributed by atoms with E-state index in [1.54, 1.807) is 0 Å². The number of carbonyl (C=O) groups is 1. The van der Waals surface area contributed by atoms with Gasteiger partial charge in [-0.25, -0.2) is 0 Å². The van der Waals surface area contributed by atoms with E-state index in [0.717, 1.165) is 31.4 Å². The molecule has 3 nitrogen and oxygen atoms in total. The highest BCUT2D eigenvalue weighted by atomic mass is 16.2. The van der Waals surface area contributed by atoms with Gasteiger partial charge >= 0.3 is 0 Å². The quantitative estimate of drug-likeness (QED) is 0.925. The monoisotopic (exact) mass is 286 g/mol. The SMILES string of the molecule is CCN(C(=O)c1ccc2c(c1)CCC2)C1CCCC1CN. The Hall–Kier alpha value is -1.35. The van der Waals surface area contributed by atoms with Gasteiger partial charge in [-0.1, -0.05) is 12.5 Å². The lowest BCUT2D eigenvalue weighted by Crippen LogP contribution is -2.44. The number of carbonyl (C=O) groups excluding carboxylic acids is 1. The second-order valence-electron chi connectivity index (χ2n) is 6.42. The average molecular weight is 286 g/mol. The van der Waals surface area contributed by atoms with Gasteiger partial charge < -0.3 is 10.6 Å². The first-order valence-corrected chi connectivity index (χ1v) is 8.37. The molecule has 2 unspecified atom stereocenters. The van der Waals surface area contributed by atoms with Crippen molar-refractivity contribution in [2.45, 2.75) is 51.5 Å². The smallest absolute Gasteiger partial charge is 0.254 e. The van der Waals surface area contributed by atoms with E-state index in [1.807, 2.05) is 6.07 Å². The van der Waals surface area contributed by atoms with E-state index in [2.05, 4.69) is 24.0 Å². The number of aryl methyl sites for hydroxylation is 2. The van der Waals surface area contributed by atoms with Gasteiger partial charge in [-0.15, -0.1) is 0 Å². The Kier molecular flexibility index (Phi) is 4.29. The first-order valence-electron chi connectivity index (χ1n) is 8.37. The van der Waals surface area contributed by atoms with Crippen LogP contribution in [0.15, 0.2) is 18.2 Å². The van der Waals surface area contributed by atoms with Crippen molar-refractivity contribution in [3.63, 3.8) is 0 Å². The van der Waals surface area contributed by atoms with Crippen LogP contribution >= 0.6 is 0 Å². The number of benzene rings is 1. The molecule has 0 radical (unpaired) electrons. The Morgan fingerprint density at radius 3 is 2.81 bits per heavy atom. The first kappa shape index (κ1) is 14.6. The van der Waals surface area contributed by atoms with Crippen LogP contribution in [-0.4, -0.2) is 29.9 Å². The van der Waals surface area contributed by atoms with E-state index in [9.17, 15) is 4.79 Å². The van der Waals surface area contributed by atoms with Gasteiger partial charge in [-0.2, -0.15) is 0 Å². The molecule has 21 heavy (non-hydrogen) atoms. The summed E-state index contributed by atoms with van der Waals surface area (Å²) in [5.74, 6) is 0.667. The molecule has 0 spiro atoms. The fraction of sp³-hybridized carbons (Fsp3) is 0.611. The van der Waals surface area contributed by atoms with Crippen molar-refractivity contribution >= 4 is 5.91 Å². The fourth-order valence-electron chi connectivity index (χ4n) is 4.10. The lowest BCUT2D eigenvalue weighted by molar-refractivity contribution is 0.0652. The number of rotatable bonds is 4. The summed E-state index contributed by atoms with van der Waals surface area (Å²) in [6, 6.07) is 6.63. The second kappa shape index (κ2) is 6.18. The summed E-state index contributed by atoms with van der Waals surface area (Å²) in [5, 5.41) is 0. The average Bonchev–Trinajstić information content (AvgIpc) is 3.15. The maximum absolute atomic E-state index is 12.9. The molecular formula is C18H26N2O. The minimum atomic E-state index is 0.192. The van der Waals surface area contributed by atoms with Crippen LogP contribution in [0.4, 0.5) is 0 Å². The van der Waals surface area contributed by atoms with E-state index < -0.39 is 0 Å². The maximum Gasteiger partial charge on any atom is 0.254 e. The second-order valence-corrected chi connectivity index (χ2v) is 6.42. The molecule has 1 amide bonds. The number of nitrogens with two attached hydrogens (primary N) is 1. The Morgan fingerprint density at radius 1 is 1.24 bits per heavy atom. The van der Waals surface area contributed by atoms with Crippen LogP contribution in [0, 0.1) is 5.92 Å². The van der Waals surface area contributed by atoms with Crippen LogP contribution in [-0.2, 0) is 12.8 Å². The van der Waals surface area contributed by atoms with E-state index in [-0.39, 0.29) is 5.91 Å². The van der Waals surface area contributed by atoms with Gasteiger partial charge in [-0.05, 0) is 74.8 Å². The maximum atomic E-state index is 12.9. The van der Waals surface area contributed by atoms with Crippen molar-refractivity contribution < 1.29 is 4.79 Å². The third kappa shape index (κ3) is 2.71. The molecule has 0 heterocycles. The summed E-state index contributed by atoms with van der Waals surface area (Å²) in [5.41, 5.74) is 9.55. The molecule has 114 valence electrons. The van der Waals surface area contributed by atoms with Crippen molar-refractivity contribution in [3.8, 4) is 0 Å². The van der Waals surface area contributed by atoms with Crippen molar-refractivity contribution in [1.29, 1.82) is 0 Å². The summed E-state index contributed by atoms with van der Waals surface area (Å²) in [4.78, 5) is 15.0. The normalized spacial score (nSPS) is 24.1. The number of fused-ring (bicyclic) bond motifs is 1. The Balaban J connectivity index is 1.82. The minimum Gasteiger partial charge on any atom is -0.336 e. The van der Waals surface area contributed by atoms with Crippen LogP contribution < -0.4 is 5.73 Å². The highest BCUT2D eigenvalue weighted by Crippen LogP contribution is 2.31. The van der Waals surface area contributed by atoms with E-state index in [4.69, 9.17) is 5.73 Å². The fourth-order valence-corrected chi connectivity index (χ4v) is 4.10. The summed E-state index contributed by atoms with van der Waals surface area (Å²) >= 11 is 0. The first-order chi connectivity index (χ1) is 10.2. The van der Waals surface area contributed by atoms with Gasteiger partial charge in [-0.3, -0.25) is 4.79 Å². The van der Waals surface area contributed by atoms with Crippen molar-refractivity contribution in [2.24, 2.45) is 11.7 Å². The largest absolute Gasteiger partial charge is 0.336 e. The minimum absolute atomic E-state index is 0.192. The van der Waals surface area contributed by atoms with Gasteiger partial charge in [0, 0.05) is 18.2 Å². The zero-order valence-corrected chi connectivity index (χ0v) is 13.0. The lowest BCUT2D eigenvalue weighted by atomic mass is 10.00.